The summed E-state index contributed by atoms with van der Waals surface area (Å²) in [6.45, 7) is 3.27. The van der Waals surface area contributed by atoms with Crippen LogP contribution in [0.4, 0.5) is 0 Å². The van der Waals surface area contributed by atoms with Crippen molar-refractivity contribution in [3.8, 4) is 17.4 Å². The van der Waals surface area contributed by atoms with Crippen molar-refractivity contribution < 1.29 is 9.47 Å². The Morgan fingerprint density at radius 2 is 2.03 bits per heavy atom. The molecule has 12 heteroatoms. The molecule has 1 aromatic carbocycles. The predicted molar refractivity (Wildman–Crippen MR) is 125 cm³/mol. The van der Waals surface area contributed by atoms with E-state index in [0.29, 0.717) is 59.0 Å². The van der Waals surface area contributed by atoms with Gasteiger partial charge >= 0.3 is 0 Å². The van der Waals surface area contributed by atoms with E-state index in [1.165, 1.54) is 22.5 Å². The van der Waals surface area contributed by atoms with E-state index >= 15 is 0 Å². The number of hydrogen-bond donors (Lipinski definition) is 1. The molecule has 11 nitrogen and oxygen atoms in total. The average Bonchev–Trinajstić information content (AvgIpc) is 3.44. The Balaban J connectivity index is 1.29. The van der Waals surface area contributed by atoms with Crippen molar-refractivity contribution in [3.05, 3.63) is 58.4 Å². The number of H-pyrrole nitrogens is 1. The minimum Gasteiger partial charge on any atom is -0.490 e. The Morgan fingerprint density at radius 3 is 2.88 bits per heavy atom. The number of aromatic nitrogens is 8. The second kappa shape index (κ2) is 8.45. The van der Waals surface area contributed by atoms with Gasteiger partial charge in [-0.05, 0) is 23.8 Å². The van der Waals surface area contributed by atoms with Gasteiger partial charge in [-0.3, -0.25) is 9.89 Å². The van der Waals surface area contributed by atoms with Crippen LogP contribution < -0.4 is 15.0 Å². The third kappa shape index (κ3) is 3.65. The van der Waals surface area contributed by atoms with Gasteiger partial charge < -0.3 is 9.47 Å². The molecule has 4 aromatic heterocycles. The lowest BCUT2D eigenvalue weighted by atomic mass is 10.2. The molecule has 6 rings (SSSR count). The molecule has 0 unspecified atom stereocenters. The molecule has 0 atom stereocenters. The summed E-state index contributed by atoms with van der Waals surface area (Å²) in [5.74, 6) is 3.63. The normalized spacial score (nSPS) is 13.4. The predicted octanol–water partition coefficient (Wildman–Crippen LogP) is 2.56. The van der Waals surface area contributed by atoms with Crippen molar-refractivity contribution >= 4 is 28.4 Å². The molecule has 1 N–H and O–H groups in total. The molecule has 1 aliphatic heterocycles. The van der Waals surface area contributed by atoms with E-state index < -0.39 is 0 Å². The van der Waals surface area contributed by atoms with E-state index in [1.807, 2.05) is 25.1 Å². The van der Waals surface area contributed by atoms with Crippen molar-refractivity contribution in [2.24, 2.45) is 0 Å². The molecule has 0 saturated carbocycles. The van der Waals surface area contributed by atoms with Gasteiger partial charge in [-0.25, -0.2) is 9.55 Å². The highest BCUT2D eigenvalue weighted by Gasteiger charge is 2.15. The van der Waals surface area contributed by atoms with Crippen LogP contribution in [0.25, 0.3) is 22.6 Å². The Kier molecular flexibility index (Phi) is 5.13. The number of hydrogen-bond acceptors (Lipinski definition) is 9. The van der Waals surface area contributed by atoms with Crippen molar-refractivity contribution in [1.82, 2.24) is 39.3 Å². The molecule has 5 aromatic rings. The summed E-state index contributed by atoms with van der Waals surface area (Å²) in [6, 6.07) is 7.73. The van der Waals surface area contributed by atoms with E-state index in [1.54, 1.807) is 16.8 Å². The fraction of sp³-hybridized carbons (Fsp3) is 0.273. The highest BCUT2D eigenvalue weighted by Crippen LogP contribution is 2.32. The smallest absolute Gasteiger partial charge is 0.268 e. The van der Waals surface area contributed by atoms with Crippen molar-refractivity contribution in [3.63, 3.8) is 0 Å². The number of nitrogens with one attached hydrogen (secondary N) is 1. The first-order valence-corrected chi connectivity index (χ1v) is 11.9. The summed E-state index contributed by atoms with van der Waals surface area (Å²) in [4.78, 5) is 26.3. The number of ether oxygens (including phenoxy) is 2. The number of thioether (sulfide) groups is 1. The number of fused-ring (bicyclic) bond motifs is 4. The number of pyridine rings is 1. The lowest BCUT2D eigenvalue weighted by molar-refractivity contribution is 0.297. The fourth-order valence-corrected chi connectivity index (χ4v) is 4.48. The Hall–Kier alpha value is -3.93. The molecular weight excluding hydrogens is 456 g/mol. The van der Waals surface area contributed by atoms with E-state index in [9.17, 15) is 4.79 Å². The van der Waals surface area contributed by atoms with E-state index in [2.05, 4.69) is 30.2 Å². The van der Waals surface area contributed by atoms with Gasteiger partial charge in [0, 0.05) is 31.0 Å². The Labute approximate surface area is 197 Å². The van der Waals surface area contributed by atoms with Crippen LogP contribution in [0.3, 0.4) is 0 Å². The maximum absolute atomic E-state index is 13.1. The lowest BCUT2D eigenvalue weighted by Gasteiger charge is -2.08. The van der Waals surface area contributed by atoms with Crippen LogP contribution in [0.15, 0.2) is 46.6 Å². The highest BCUT2D eigenvalue weighted by molar-refractivity contribution is 7.98. The molecular formula is C22H20N8O3S. The number of benzene rings is 1. The number of aromatic amines is 1. The minimum absolute atomic E-state index is 0.273. The summed E-state index contributed by atoms with van der Waals surface area (Å²) in [5.41, 5.74) is 1.42. The molecule has 1 aliphatic rings. The Bertz CT molecular complexity index is 1570. The zero-order chi connectivity index (χ0) is 23.1. The molecule has 0 saturated heterocycles. The second-order valence-electron chi connectivity index (χ2n) is 7.71. The average molecular weight is 477 g/mol. The molecule has 0 aliphatic carbocycles. The summed E-state index contributed by atoms with van der Waals surface area (Å²) >= 11 is 1.49. The molecule has 0 bridgehead atoms. The van der Waals surface area contributed by atoms with Crippen molar-refractivity contribution in [2.45, 2.75) is 30.7 Å². The third-order valence-electron chi connectivity index (χ3n) is 5.46. The third-order valence-corrected chi connectivity index (χ3v) is 6.37. The quantitative estimate of drug-likeness (QED) is 0.381. The summed E-state index contributed by atoms with van der Waals surface area (Å²) in [5, 5.41) is 12.5. The number of rotatable bonds is 5. The number of nitrogens with zero attached hydrogens (tertiary/aromatic N) is 7. The highest BCUT2D eigenvalue weighted by atomic mass is 32.2. The zero-order valence-corrected chi connectivity index (χ0v) is 19.1. The van der Waals surface area contributed by atoms with Crippen LogP contribution >= 0.6 is 11.8 Å². The van der Waals surface area contributed by atoms with Gasteiger partial charge in [0.2, 0.25) is 5.16 Å². The molecule has 0 fully saturated rings. The van der Waals surface area contributed by atoms with Gasteiger partial charge in [-0.2, -0.15) is 14.5 Å². The topological polar surface area (TPSA) is 125 Å². The molecule has 0 spiro atoms. The van der Waals surface area contributed by atoms with Gasteiger partial charge in [0.25, 0.3) is 17.3 Å². The molecule has 0 amide bonds. The van der Waals surface area contributed by atoms with Gasteiger partial charge in [0.1, 0.15) is 5.82 Å². The summed E-state index contributed by atoms with van der Waals surface area (Å²) in [7, 11) is 0. The van der Waals surface area contributed by atoms with Crippen molar-refractivity contribution in [2.75, 3.05) is 13.2 Å². The lowest BCUT2D eigenvalue weighted by Crippen LogP contribution is -2.20. The van der Waals surface area contributed by atoms with E-state index in [-0.39, 0.29) is 5.56 Å². The van der Waals surface area contributed by atoms with Crippen LogP contribution in [-0.4, -0.2) is 52.5 Å². The van der Waals surface area contributed by atoms with Gasteiger partial charge in [-0.15, -0.1) is 10.2 Å². The van der Waals surface area contributed by atoms with E-state index in [0.717, 1.165) is 23.5 Å². The first-order valence-electron chi connectivity index (χ1n) is 10.9. The maximum Gasteiger partial charge on any atom is 0.268 e. The maximum atomic E-state index is 13.1. The SMILES string of the molecule is CCc1nc(-n2ccc3c(cnc4nc(SCc5ccc6c(c5)OCCCO6)nn43)c2=O)n[nH]1. The monoisotopic (exact) mass is 476 g/mol. The standard InChI is InChI=1S/C22H20N8O3S/c1-2-18-24-21(27-26-18)29-7-6-15-14(19(29)31)11-23-20-25-22(28-30(15)20)34-12-13-4-5-16-17(10-13)33-9-3-8-32-16/h4-7,10-11H,2-3,8-9,12H2,1H3,(H,24,26,27). The summed E-state index contributed by atoms with van der Waals surface area (Å²) in [6.07, 6.45) is 4.72. The van der Waals surface area contributed by atoms with Gasteiger partial charge in [0.15, 0.2) is 11.5 Å². The van der Waals surface area contributed by atoms with Crippen LogP contribution in [0.5, 0.6) is 11.5 Å². The van der Waals surface area contributed by atoms with Crippen LogP contribution in [0.2, 0.25) is 0 Å². The molecule has 5 heterocycles. The molecule has 172 valence electrons. The molecule has 34 heavy (non-hydrogen) atoms. The Morgan fingerprint density at radius 1 is 1.15 bits per heavy atom. The van der Waals surface area contributed by atoms with Gasteiger partial charge in [-0.1, -0.05) is 24.8 Å². The largest absolute Gasteiger partial charge is 0.490 e. The fourth-order valence-electron chi connectivity index (χ4n) is 3.72. The van der Waals surface area contributed by atoms with Crippen LogP contribution in [0.1, 0.15) is 24.7 Å². The van der Waals surface area contributed by atoms with Crippen molar-refractivity contribution in [1.29, 1.82) is 0 Å². The summed E-state index contributed by atoms with van der Waals surface area (Å²) < 4.78 is 14.5. The first-order chi connectivity index (χ1) is 16.7. The number of aryl methyl sites for hydroxylation is 1. The van der Waals surface area contributed by atoms with E-state index in [4.69, 9.17) is 9.47 Å². The second-order valence-corrected chi connectivity index (χ2v) is 8.65. The zero-order valence-electron chi connectivity index (χ0n) is 18.3. The van der Waals surface area contributed by atoms with Crippen LogP contribution in [0, 0.1) is 0 Å². The molecule has 0 radical (unpaired) electrons. The van der Waals surface area contributed by atoms with Crippen LogP contribution in [-0.2, 0) is 12.2 Å². The first kappa shape index (κ1) is 20.7. The minimum atomic E-state index is -0.273. The van der Waals surface area contributed by atoms with Gasteiger partial charge in [0.05, 0.1) is 24.1 Å².